The number of amides is 4. The van der Waals surface area contributed by atoms with Crippen molar-refractivity contribution in [1.29, 1.82) is 0 Å². The number of nitrogens with two attached hydrogens (primary N) is 1. The lowest BCUT2D eigenvalue weighted by Crippen LogP contribution is -2.20. The fourth-order valence-electron chi connectivity index (χ4n) is 2.67. The molecule has 1 fully saturated rings. The molecule has 0 aliphatic carbocycles. The lowest BCUT2D eigenvalue weighted by Gasteiger charge is -2.12. The maximum Gasteiger partial charge on any atom is 0.316 e. The maximum atomic E-state index is 11.6. The van der Waals surface area contributed by atoms with Gasteiger partial charge >= 0.3 is 6.03 Å². The van der Waals surface area contributed by atoms with E-state index in [2.05, 4.69) is 10.6 Å². The van der Waals surface area contributed by atoms with Crippen molar-refractivity contribution in [1.82, 2.24) is 5.32 Å². The van der Waals surface area contributed by atoms with Gasteiger partial charge in [0.2, 0.25) is 0 Å². The number of anilines is 1. The zero-order valence-corrected chi connectivity index (χ0v) is 16.0. The molecule has 0 saturated carbocycles. The molecular formula is C20H19N3O4S. The summed E-state index contributed by atoms with van der Waals surface area (Å²) < 4.78 is 5.76. The van der Waals surface area contributed by atoms with Gasteiger partial charge in [-0.1, -0.05) is 24.3 Å². The summed E-state index contributed by atoms with van der Waals surface area (Å²) in [5.41, 5.74) is 8.65. The Hall–Kier alpha value is -3.26. The Balaban J connectivity index is 1.59. The standard InChI is InChI=1S/C20H19N3O4S/c1-12-2-5-14(16(10-12)22-19(21)25)8-9-27-15-6-3-13(4-7-15)11-17-18(24)23-20(26)28-17/h2-7,10-11H,8-9H2,1H3,(H3,21,22,25)(H,23,24,26). The number of aryl methyl sites for hydroxylation is 1. The summed E-state index contributed by atoms with van der Waals surface area (Å²) in [6.45, 7) is 2.36. The van der Waals surface area contributed by atoms with Gasteiger partial charge in [-0.15, -0.1) is 0 Å². The lowest BCUT2D eigenvalue weighted by atomic mass is 10.1. The van der Waals surface area contributed by atoms with E-state index >= 15 is 0 Å². The first-order valence-corrected chi connectivity index (χ1v) is 9.36. The predicted molar refractivity (Wildman–Crippen MR) is 109 cm³/mol. The summed E-state index contributed by atoms with van der Waals surface area (Å²) in [5, 5.41) is 4.49. The number of ether oxygens (including phenoxy) is 1. The van der Waals surface area contributed by atoms with Crippen LogP contribution in [0.15, 0.2) is 47.4 Å². The van der Waals surface area contributed by atoms with E-state index in [9.17, 15) is 14.4 Å². The first-order valence-electron chi connectivity index (χ1n) is 8.54. The van der Waals surface area contributed by atoms with Crippen molar-refractivity contribution < 1.29 is 19.1 Å². The third-order valence-electron chi connectivity index (χ3n) is 3.98. The molecule has 1 heterocycles. The smallest absolute Gasteiger partial charge is 0.316 e. The molecule has 0 atom stereocenters. The second-order valence-electron chi connectivity index (χ2n) is 6.17. The number of urea groups is 1. The number of rotatable bonds is 6. The third-order valence-corrected chi connectivity index (χ3v) is 4.79. The molecule has 1 aliphatic heterocycles. The lowest BCUT2D eigenvalue weighted by molar-refractivity contribution is -0.115. The van der Waals surface area contributed by atoms with Crippen LogP contribution in [-0.4, -0.2) is 23.8 Å². The number of hydrogen-bond donors (Lipinski definition) is 3. The quantitative estimate of drug-likeness (QED) is 0.647. The molecule has 4 amide bonds. The number of carbonyl (C=O) groups excluding carboxylic acids is 3. The number of imide groups is 1. The zero-order chi connectivity index (χ0) is 20.1. The Morgan fingerprint density at radius 3 is 2.61 bits per heavy atom. The molecule has 0 radical (unpaired) electrons. The maximum absolute atomic E-state index is 11.6. The number of nitrogens with one attached hydrogen (secondary N) is 2. The number of hydrogen-bond acceptors (Lipinski definition) is 5. The summed E-state index contributed by atoms with van der Waals surface area (Å²) in [7, 11) is 0. The van der Waals surface area contributed by atoms with Crippen molar-refractivity contribution in [3.05, 3.63) is 64.1 Å². The molecular weight excluding hydrogens is 378 g/mol. The molecule has 0 aromatic heterocycles. The highest BCUT2D eigenvalue weighted by Gasteiger charge is 2.24. The van der Waals surface area contributed by atoms with Crippen LogP contribution < -0.4 is 21.1 Å². The molecule has 0 bridgehead atoms. The van der Waals surface area contributed by atoms with Crippen LogP contribution in [0.1, 0.15) is 16.7 Å². The molecule has 144 valence electrons. The van der Waals surface area contributed by atoms with Gasteiger partial charge in [-0.3, -0.25) is 14.9 Å². The molecule has 8 heteroatoms. The van der Waals surface area contributed by atoms with Crippen molar-refractivity contribution in [3.63, 3.8) is 0 Å². The van der Waals surface area contributed by atoms with Crippen molar-refractivity contribution in [2.75, 3.05) is 11.9 Å². The van der Waals surface area contributed by atoms with Crippen LogP contribution in [0.5, 0.6) is 5.75 Å². The SMILES string of the molecule is Cc1ccc(CCOc2ccc(C=C3SC(=O)NC3=O)cc2)c(NC(N)=O)c1. The highest BCUT2D eigenvalue weighted by molar-refractivity contribution is 8.18. The molecule has 0 unspecified atom stereocenters. The summed E-state index contributed by atoms with van der Waals surface area (Å²) in [6, 6.07) is 12.4. The van der Waals surface area contributed by atoms with Crippen molar-refractivity contribution in [2.24, 2.45) is 5.73 Å². The van der Waals surface area contributed by atoms with Crippen LogP contribution in [0.25, 0.3) is 6.08 Å². The van der Waals surface area contributed by atoms with Gasteiger partial charge in [0, 0.05) is 12.1 Å². The van der Waals surface area contributed by atoms with Gasteiger partial charge in [0.25, 0.3) is 11.1 Å². The van der Waals surface area contributed by atoms with Crippen LogP contribution in [-0.2, 0) is 11.2 Å². The van der Waals surface area contributed by atoms with E-state index in [1.54, 1.807) is 18.2 Å². The molecule has 7 nitrogen and oxygen atoms in total. The monoisotopic (exact) mass is 397 g/mol. The Bertz CT molecular complexity index is 954. The molecule has 4 N–H and O–H groups in total. The van der Waals surface area contributed by atoms with E-state index in [4.69, 9.17) is 10.5 Å². The Morgan fingerprint density at radius 1 is 1.21 bits per heavy atom. The highest BCUT2D eigenvalue weighted by atomic mass is 32.2. The van der Waals surface area contributed by atoms with Crippen molar-refractivity contribution in [3.8, 4) is 5.75 Å². The van der Waals surface area contributed by atoms with Crippen LogP contribution in [0.3, 0.4) is 0 Å². The largest absolute Gasteiger partial charge is 0.493 e. The van der Waals surface area contributed by atoms with Gasteiger partial charge in [-0.2, -0.15) is 0 Å². The van der Waals surface area contributed by atoms with Gasteiger partial charge < -0.3 is 15.8 Å². The van der Waals surface area contributed by atoms with E-state index in [1.165, 1.54) is 0 Å². The summed E-state index contributed by atoms with van der Waals surface area (Å²) >= 11 is 0.882. The normalized spacial score (nSPS) is 14.8. The minimum Gasteiger partial charge on any atom is -0.493 e. The molecule has 1 aliphatic rings. The Labute approximate surface area is 166 Å². The average Bonchev–Trinajstić information content (AvgIpc) is 2.95. The van der Waals surface area contributed by atoms with E-state index in [0.29, 0.717) is 29.4 Å². The van der Waals surface area contributed by atoms with Crippen LogP contribution in [0.4, 0.5) is 15.3 Å². The van der Waals surface area contributed by atoms with E-state index in [1.807, 2.05) is 37.3 Å². The summed E-state index contributed by atoms with van der Waals surface area (Å²) in [5.74, 6) is 0.298. The average molecular weight is 397 g/mol. The fraction of sp³-hybridized carbons (Fsp3) is 0.150. The Kier molecular flexibility index (Phi) is 6.00. The van der Waals surface area contributed by atoms with Crippen molar-refractivity contribution in [2.45, 2.75) is 13.3 Å². The van der Waals surface area contributed by atoms with E-state index < -0.39 is 6.03 Å². The minimum absolute atomic E-state index is 0.363. The first kappa shape index (κ1) is 19.5. The van der Waals surface area contributed by atoms with Crippen LogP contribution >= 0.6 is 11.8 Å². The van der Waals surface area contributed by atoms with Crippen molar-refractivity contribution >= 4 is 40.7 Å². The van der Waals surface area contributed by atoms with Crippen LogP contribution in [0, 0.1) is 6.92 Å². The molecule has 0 spiro atoms. The fourth-order valence-corrected chi connectivity index (χ4v) is 3.35. The number of carbonyl (C=O) groups is 3. The molecule has 2 aromatic rings. The first-order chi connectivity index (χ1) is 13.4. The second kappa shape index (κ2) is 8.62. The van der Waals surface area contributed by atoms with E-state index in [-0.39, 0.29) is 11.1 Å². The molecule has 1 saturated heterocycles. The topological polar surface area (TPSA) is 111 Å². The Morgan fingerprint density at radius 2 is 1.96 bits per heavy atom. The summed E-state index contributed by atoms with van der Waals surface area (Å²) in [4.78, 5) is 34.3. The number of benzene rings is 2. The van der Waals surface area contributed by atoms with E-state index in [0.717, 1.165) is 28.5 Å². The van der Waals surface area contributed by atoms with Gasteiger partial charge in [0.05, 0.1) is 11.5 Å². The van der Waals surface area contributed by atoms with Gasteiger partial charge in [-0.25, -0.2) is 4.79 Å². The minimum atomic E-state index is -0.603. The highest BCUT2D eigenvalue weighted by Crippen LogP contribution is 2.26. The number of primary amides is 1. The molecule has 2 aromatic carbocycles. The second-order valence-corrected chi connectivity index (χ2v) is 7.18. The third kappa shape index (κ3) is 5.14. The van der Waals surface area contributed by atoms with Gasteiger partial charge in [-0.05, 0) is 59.7 Å². The predicted octanol–water partition coefficient (Wildman–Crippen LogP) is 3.43. The van der Waals surface area contributed by atoms with Gasteiger partial charge in [0.15, 0.2) is 0 Å². The number of thioether (sulfide) groups is 1. The van der Waals surface area contributed by atoms with Gasteiger partial charge in [0.1, 0.15) is 5.75 Å². The summed E-state index contributed by atoms with van der Waals surface area (Å²) in [6.07, 6.45) is 2.25. The molecule has 3 rings (SSSR count). The molecule has 28 heavy (non-hydrogen) atoms. The van der Waals surface area contributed by atoms with Crippen LogP contribution in [0.2, 0.25) is 0 Å². The zero-order valence-electron chi connectivity index (χ0n) is 15.2.